The number of thioether (sulfide) groups is 2. The highest BCUT2D eigenvalue weighted by molar-refractivity contribution is 8.01. The minimum Gasteiger partial charge on any atom is -0.315 e. The van der Waals surface area contributed by atoms with Gasteiger partial charge in [0.25, 0.3) is 17.8 Å². The summed E-state index contributed by atoms with van der Waals surface area (Å²) < 4.78 is 86.8. The SMILES string of the molecule is FC1(F)CCNCC1SC1CNC[C@H](SC2CNC[C@@H](S)C2(F)F)C1(F)F. The molecule has 5 atom stereocenters. The number of rotatable bonds is 4. The van der Waals surface area contributed by atoms with Crippen molar-refractivity contribution in [3.8, 4) is 0 Å². The van der Waals surface area contributed by atoms with Gasteiger partial charge in [-0.3, -0.25) is 0 Å². The fourth-order valence-electron chi connectivity index (χ4n) is 3.42. The van der Waals surface area contributed by atoms with Gasteiger partial charge in [-0.2, -0.15) is 12.6 Å². The predicted molar refractivity (Wildman–Crippen MR) is 101 cm³/mol. The van der Waals surface area contributed by atoms with Crippen LogP contribution < -0.4 is 16.0 Å². The van der Waals surface area contributed by atoms with Gasteiger partial charge >= 0.3 is 0 Å². The highest BCUT2D eigenvalue weighted by atomic mass is 32.2. The lowest BCUT2D eigenvalue weighted by molar-refractivity contribution is -0.0285. The first-order chi connectivity index (χ1) is 12.5. The van der Waals surface area contributed by atoms with Crippen molar-refractivity contribution < 1.29 is 26.3 Å². The molecule has 0 saturated carbocycles. The maximum atomic E-state index is 15.0. The zero-order chi connectivity index (χ0) is 19.9. The first-order valence-corrected chi connectivity index (χ1v) is 11.2. The van der Waals surface area contributed by atoms with E-state index in [0.29, 0.717) is 23.5 Å². The Morgan fingerprint density at radius 3 is 1.74 bits per heavy atom. The van der Waals surface area contributed by atoms with Gasteiger partial charge in [-0.15, -0.1) is 23.5 Å². The van der Waals surface area contributed by atoms with Crippen LogP contribution in [0.1, 0.15) is 6.42 Å². The summed E-state index contributed by atoms with van der Waals surface area (Å²) in [6.07, 6.45) is -0.391. The van der Waals surface area contributed by atoms with E-state index in [2.05, 4.69) is 28.6 Å². The maximum Gasteiger partial charge on any atom is 0.273 e. The van der Waals surface area contributed by atoms with Gasteiger partial charge in [0.2, 0.25) is 0 Å². The number of alkyl halides is 6. The molecule has 0 bridgehead atoms. The van der Waals surface area contributed by atoms with Crippen molar-refractivity contribution in [1.29, 1.82) is 0 Å². The van der Waals surface area contributed by atoms with Crippen LogP contribution in [0.25, 0.3) is 0 Å². The molecule has 0 spiro atoms. The molecular formula is C15H23F6N3S3. The number of thiol groups is 1. The van der Waals surface area contributed by atoms with Gasteiger partial charge in [0.15, 0.2) is 0 Å². The van der Waals surface area contributed by atoms with Gasteiger partial charge in [0, 0.05) is 45.7 Å². The van der Waals surface area contributed by atoms with Crippen molar-refractivity contribution in [2.24, 2.45) is 0 Å². The Balaban J connectivity index is 1.68. The normalized spacial score (nSPS) is 41.2. The number of hydrogen-bond donors (Lipinski definition) is 4. The summed E-state index contributed by atoms with van der Waals surface area (Å²) in [5.41, 5.74) is 0. The Morgan fingerprint density at radius 1 is 0.667 bits per heavy atom. The highest BCUT2D eigenvalue weighted by Gasteiger charge is 2.57. The molecule has 27 heavy (non-hydrogen) atoms. The van der Waals surface area contributed by atoms with Crippen LogP contribution in [0.4, 0.5) is 26.3 Å². The van der Waals surface area contributed by atoms with Crippen molar-refractivity contribution in [3.05, 3.63) is 0 Å². The summed E-state index contributed by atoms with van der Waals surface area (Å²) in [6, 6.07) is 0. The molecule has 3 N–H and O–H groups in total. The molecule has 0 aliphatic carbocycles. The zero-order valence-corrected chi connectivity index (χ0v) is 16.9. The Hall–Kier alpha value is 0.510. The lowest BCUT2D eigenvalue weighted by Crippen LogP contribution is -2.61. The molecule has 3 saturated heterocycles. The van der Waals surface area contributed by atoms with Crippen molar-refractivity contribution in [2.45, 2.75) is 50.4 Å². The van der Waals surface area contributed by atoms with E-state index in [1.54, 1.807) is 0 Å². The smallest absolute Gasteiger partial charge is 0.273 e. The first-order valence-electron chi connectivity index (χ1n) is 8.79. The molecule has 3 rings (SSSR count). The second kappa shape index (κ2) is 8.33. The third-order valence-corrected chi connectivity index (χ3v) is 8.95. The second-order valence-electron chi connectivity index (χ2n) is 7.12. The van der Waals surface area contributed by atoms with Crippen LogP contribution in [-0.2, 0) is 0 Å². The number of hydrogen-bond acceptors (Lipinski definition) is 6. The topological polar surface area (TPSA) is 36.1 Å². The summed E-state index contributed by atoms with van der Waals surface area (Å²) in [5.74, 6) is -9.55. The molecule has 0 aromatic carbocycles. The zero-order valence-electron chi connectivity index (χ0n) is 14.4. The average Bonchev–Trinajstić information content (AvgIpc) is 2.57. The van der Waals surface area contributed by atoms with E-state index in [4.69, 9.17) is 0 Å². The van der Waals surface area contributed by atoms with Crippen LogP contribution >= 0.6 is 36.2 Å². The summed E-state index contributed by atoms with van der Waals surface area (Å²) in [6.45, 7) is -0.253. The Morgan fingerprint density at radius 2 is 1.15 bits per heavy atom. The molecular weight excluding hydrogens is 432 g/mol. The number of piperidine rings is 3. The van der Waals surface area contributed by atoms with Crippen molar-refractivity contribution in [2.75, 3.05) is 39.3 Å². The van der Waals surface area contributed by atoms with E-state index in [-0.39, 0.29) is 39.3 Å². The lowest BCUT2D eigenvalue weighted by atomic mass is 10.1. The number of nitrogens with one attached hydrogen (secondary N) is 3. The average molecular weight is 456 g/mol. The van der Waals surface area contributed by atoms with E-state index in [0.717, 1.165) is 0 Å². The van der Waals surface area contributed by atoms with Crippen molar-refractivity contribution in [3.63, 3.8) is 0 Å². The Bertz CT molecular complexity index is 527. The van der Waals surface area contributed by atoms with E-state index < -0.39 is 50.4 Å². The van der Waals surface area contributed by atoms with E-state index in [1.165, 1.54) is 0 Å². The van der Waals surface area contributed by atoms with E-state index in [1.807, 2.05) is 0 Å². The van der Waals surface area contributed by atoms with Gasteiger partial charge < -0.3 is 16.0 Å². The third kappa shape index (κ3) is 4.65. The fourth-order valence-corrected chi connectivity index (χ4v) is 6.92. The van der Waals surface area contributed by atoms with Gasteiger partial charge in [0.1, 0.15) is 0 Å². The second-order valence-corrected chi connectivity index (χ2v) is 10.6. The predicted octanol–water partition coefficient (Wildman–Crippen LogP) is 2.33. The van der Waals surface area contributed by atoms with Gasteiger partial charge in [-0.05, 0) is 0 Å². The van der Waals surface area contributed by atoms with Gasteiger partial charge in [0.05, 0.1) is 26.2 Å². The van der Waals surface area contributed by atoms with Crippen LogP contribution in [0, 0.1) is 0 Å². The number of halogens is 6. The van der Waals surface area contributed by atoms with Gasteiger partial charge in [-0.1, -0.05) is 0 Å². The molecule has 0 aromatic rings. The van der Waals surface area contributed by atoms with Crippen LogP contribution in [0.15, 0.2) is 0 Å². The maximum absolute atomic E-state index is 15.0. The quantitative estimate of drug-likeness (QED) is 0.387. The van der Waals surface area contributed by atoms with Crippen molar-refractivity contribution >= 4 is 36.2 Å². The Labute approximate surface area is 168 Å². The monoisotopic (exact) mass is 455 g/mol. The van der Waals surface area contributed by atoms with Crippen LogP contribution in [0.3, 0.4) is 0 Å². The van der Waals surface area contributed by atoms with Crippen molar-refractivity contribution in [1.82, 2.24) is 16.0 Å². The highest BCUT2D eigenvalue weighted by Crippen LogP contribution is 2.48. The summed E-state index contributed by atoms with van der Waals surface area (Å²) in [5, 5.41) is 1.77. The molecule has 3 nitrogen and oxygen atoms in total. The molecule has 0 aromatic heterocycles. The molecule has 3 fully saturated rings. The molecule has 12 heteroatoms. The first kappa shape index (κ1) is 22.2. The van der Waals surface area contributed by atoms with Gasteiger partial charge in [-0.25, -0.2) is 26.3 Å². The lowest BCUT2D eigenvalue weighted by Gasteiger charge is -2.44. The molecule has 0 radical (unpaired) electrons. The van der Waals surface area contributed by atoms with Crippen LogP contribution in [-0.4, -0.2) is 83.3 Å². The Kier molecular flexibility index (Phi) is 6.85. The van der Waals surface area contributed by atoms with E-state index in [9.17, 15) is 17.6 Å². The molecule has 3 unspecified atom stereocenters. The molecule has 3 heterocycles. The third-order valence-electron chi connectivity index (χ3n) is 5.15. The standard InChI is InChI=1S/C15H23F6N3S3/c16-13(17)1-2-22-4-9(13)26-11-6-24-7-12(15(11,20)21)27-10-5-23-3-8(25)14(10,18)19/h8-12,22-25H,1-7H2/t8-,9?,10?,11?,12+/m1/s1. The fraction of sp³-hybridized carbons (Fsp3) is 1.00. The molecule has 0 amide bonds. The van der Waals surface area contributed by atoms with Crippen LogP contribution in [0.5, 0.6) is 0 Å². The summed E-state index contributed by atoms with van der Waals surface area (Å²) in [7, 11) is 0. The minimum absolute atomic E-state index is 0.00865. The minimum atomic E-state index is -3.34. The summed E-state index contributed by atoms with van der Waals surface area (Å²) in [4.78, 5) is 0. The summed E-state index contributed by atoms with van der Waals surface area (Å²) >= 11 is 4.96. The van der Waals surface area contributed by atoms with E-state index >= 15 is 8.78 Å². The molecule has 3 aliphatic rings. The van der Waals surface area contributed by atoms with Crippen LogP contribution in [0.2, 0.25) is 0 Å². The molecule has 3 aliphatic heterocycles. The molecule has 158 valence electrons. The largest absolute Gasteiger partial charge is 0.315 e.